The molecule has 80 valence electrons. The van der Waals surface area contributed by atoms with Crippen molar-refractivity contribution in [2.75, 3.05) is 0 Å². The Hall–Kier alpha value is -0.700. The largest absolute Gasteiger partial charge is 0.479 e. The molecule has 0 radical (unpaired) electrons. The van der Waals surface area contributed by atoms with Crippen LogP contribution in [0.2, 0.25) is 0 Å². The normalized spacial score (nSPS) is 18.2. The first-order valence-corrected chi connectivity index (χ1v) is 5.11. The minimum atomic E-state index is -1.19. The van der Waals surface area contributed by atoms with Crippen LogP contribution in [-0.2, 0) is 9.53 Å². The van der Waals surface area contributed by atoms with Crippen LogP contribution in [0.4, 0.5) is 0 Å². The predicted molar refractivity (Wildman–Crippen MR) is 54.1 cm³/mol. The fourth-order valence-corrected chi connectivity index (χ4v) is 1.57. The van der Waals surface area contributed by atoms with Crippen molar-refractivity contribution in [2.45, 2.75) is 45.1 Å². The van der Waals surface area contributed by atoms with Crippen molar-refractivity contribution in [2.24, 2.45) is 0 Å². The standard InChI is InChI=1S/C10H15ClO3/c1-10(2,9(12)13)14-8-6-4-3-5-7(8)11/h3-6H2,1-2H3,(H,12,13). The zero-order valence-electron chi connectivity index (χ0n) is 8.47. The summed E-state index contributed by atoms with van der Waals surface area (Å²) in [6.07, 6.45) is 3.61. The van der Waals surface area contributed by atoms with Crippen LogP contribution in [0, 0.1) is 0 Å². The number of rotatable bonds is 3. The molecule has 4 heteroatoms. The minimum absolute atomic E-state index is 0.644. The molecular weight excluding hydrogens is 204 g/mol. The third-order valence-corrected chi connectivity index (χ3v) is 2.65. The van der Waals surface area contributed by atoms with Gasteiger partial charge in [-0.25, -0.2) is 4.79 Å². The molecule has 1 aliphatic rings. The second-order valence-corrected chi connectivity index (χ2v) is 4.41. The van der Waals surface area contributed by atoms with E-state index in [-0.39, 0.29) is 0 Å². The highest BCUT2D eigenvalue weighted by molar-refractivity contribution is 6.29. The molecule has 0 fully saturated rings. The molecule has 0 saturated carbocycles. The summed E-state index contributed by atoms with van der Waals surface area (Å²) in [5.41, 5.74) is -1.19. The lowest BCUT2D eigenvalue weighted by Crippen LogP contribution is -2.34. The average molecular weight is 219 g/mol. The maximum atomic E-state index is 10.8. The molecule has 0 aliphatic heterocycles. The van der Waals surface area contributed by atoms with Gasteiger partial charge in [-0.15, -0.1) is 0 Å². The van der Waals surface area contributed by atoms with Crippen molar-refractivity contribution in [3.63, 3.8) is 0 Å². The second-order valence-electron chi connectivity index (χ2n) is 3.95. The number of allylic oxidation sites excluding steroid dienone is 2. The van der Waals surface area contributed by atoms with Gasteiger partial charge in [0.1, 0.15) is 5.76 Å². The van der Waals surface area contributed by atoms with Gasteiger partial charge in [-0.3, -0.25) is 0 Å². The molecule has 0 aromatic heterocycles. The van der Waals surface area contributed by atoms with Crippen molar-refractivity contribution < 1.29 is 14.6 Å². The third kappa shape index (κ3) is 2.64. The summed E-state index contributed by atoms with van der Waals surface area (Å²) in [5.74, 6) is -0.328. The number of carbonyl (C=O) groups is 1. The van der Waals surface area contributed by atoms with Gasteiger partial charge in [0.2, 0.25) is 0 Å². The first-order chi connectivity index (χ1) is 6.43. The quantitative estimate of drug-likeness (QED) is 0.793. The molecule has 0 bridgehead atoms. The van der Waals surface area contributed by atoms with Crippen molar-refractivity contribution in [3.8, 4) is 0 Å². The van der Waals surface area contributed by atoms with Crippen molar-refractivity contribution >= 4 is 17.6 Å². The number of hydrogen-bond donors (Lipinski definition) is 1. The summed E-state index contributed by atoms with van der Waals surface area (Å²) in [5, 5.41) is 9.54. The molecule has 0 amide bonds. The molecule has 0 unspecified atom stereocenters. The lowest BCUT2D eigenvalue weighted by atomic mass is 10.0. The van der Waals surface area contributed by atoms with Crippen LogP contribution < -0.4 is 0 Å². The van der Waals surface area contributed by atoms with Crippen molar-refractivity contribution in [1.82, 2.24) is 0 Å². The number of carboxylic acid groups (broad SMARTS) is 1. The van der Waals surface area contributed by atoms with Gasteiger partial charge in [0.25, 0.3) is 0 Å². The number of carboxylic acids is 1. The van der Waals surface area contributed by atoms with E-state index < -0.39 is 11.6 Å². The highest BCUT2D eigenvalue weighted by Crippen LogP contribution is 2.31. The van der Waals surface area contributed by atoms with Gasteiger partial charge in [-0.05, 0) is 33.1 Å². The lowest BCUT2D eigenvalue weighted by Gasteiger charge is -2.26. The van der Waals surface area contributed by atoms with Gasteiger partial charge in [0.15, 0.2) is 5.60 Å². The maximum absolute atomic E-state index is 10.8. The Morgan fingerprint density at radius 1 is 1.43 bits per heavy atom. The Labute approximate surface area is 88.7 Å². The van der Waals surface area contributed by atoms with Gasteiger partial charge < -0.3 is 9.84 Å². The van der Waals surface area contributed by atoms with Gasteiger partial charge >= 0.3 is 5.97 Å². The summed E-state index contributed by atoms with van der Waals surface area (Å²) in [6.45, 7) is 3.06. The predicted octanol–water partition coefficient (Wildman–Crippen LogP) is 2.89. The van der Waals surface area contributed by atoms with E-state index in [2.05, 4.69) is 0 Å². The van der Waals surface area contributed by atoms with Crippen LogP contribution in [0.15, 0.2) is 10.8 Å². The van der Waals surface area contributed by atoms with E-state index in [0.717, 1.165) is 25.7 Å². The van der Waals surface area contributed by atoms with Crippen LogP contribution in [0.1, 0.15) is 39.5 Å². The van der Waals surface area contributed by atoms with Gasteiger partial charge in [0.05, 0.1) is 5.03 Å². The molecule has 0 spiro atoms. The van der Waals surface area contributed by atoms with E-state index in [1.54, 1.807) is 0 Å². The fourth-order valence-electron chi connectivity index (χ4n) is 1.30. The highest BCUT2D eigenvalue weighted by atomic mass is 35.5. The number of aliphatic carboxylic acids is 1. The Morgan fingerprint density at radius 2 is 2.00 bits per heavy atom. The summed E-state index contributed by atoms with van der Waals surface area (Å²) in [7, 11) is 0. The summed E-state index contributed by atoms with van der Waals surface area (Å²) >= 11 is 5.96. The van der Waals surface area contributed by atoms with E-state index in [0.29, 0.717) is 10.8 Å². The van der Waals surface area contributed by atoms with Crippen LogP contribution in [0.5, 0.6) is 0 Å². The molecule has 0 atom stereocenters. The molecule has 14 heavy (non-hydrogen) atoms. The molecule has 1 rings (SSSR count). The number of halogens is 1. The van der Waals surface area contributed by atoms with E-state index in [9.17, 15) is 4.79 Å². The Bertz CT molecular complexity index is 269. The zero-order chi connectivity index (χ0) is 10.8. The molecule has 0 saturated heterocycles. The molecule has 1 aliphatic carbocycles. The third-order valence-electron chi connectivity index (χ3n) is 2.25. The van der Waals surface area contributed by atoms with Gasteiger partial charge in [-0.1, -0.05) is 11.6 Å². The second kappa shape index (κ2) is 4.22. The Morgan fingerprint density at radius 3 is 2.50 bits per heavy atom. The molecule has 1 N–H and O–H groups in total. The van der Waals surface area contributed by atoms with Crippen LogP contribution in [0.3, 0.4) is 0 Å². The zero-order valence-corrected chi connectivity index (χ0v) is 9.23. The minimum Gasteiger partial charge on any atom is -0.479 e. The smallest absolute Gasteiger partial charge is 0.347 e. The first-order valence-electron chi connectivity index (χ1n) is 4.73. The molecule has 0 aromatic carbocycles. The van der Waals surface area contributed by atoms with E-state index in [1.807, 2.05) is 0 Å². The van der Waals surface area contributed by atoms with Gasteiger partial charge in [-0.2, -0.15) is 0 Å². The Kier molecular flexibility index (Phi) is 3.43. The number of ether oxygens (including phenoxy) is 1. The number of hydrogen-bond acceptors (Lipinski definition) is 2. The maximum Gasteiger partial charge on any atom is 0.347 e. The summed E-state index contributed by atoms with van der Waals surface area (Å²) in [4.78, 5) is 10.8. The van der Waals surface area contributed by atoms with E-state index >= 15 is 0 Å². The monoisotopic (exact) mass is 218 g/mol. The van der Waals surface area contributed by atoms with E-state index in [4.69, 9.17) is 21.4 Å². The fraction of sp³-hybridized carbons (Fsp3) is 0.700. The SMILES string of the molecule is CC(C)(OC1=C(Cl)CCCC1)C(=O)O. The molecule has 0 heterocycles. The molecule has 3 nitrogen and oxygen atoms in total. The molecule has 0 aromatic rings. The topological polar surface area (TPSA) is 46.5 Å². The van der Waals surface area contributed by atoms with Crippen LogP contribution >= 0.6 is 11.6 Å². The summed E-state index contributed by atoms with van der Waals surface area (Å²) < 4.78 is 5.40. The van der Waals surface area contributed by atoms with Crippen LogP contribution in [-0.4, -0.2) is 16.7 Å². The summed E-state index contributed by atoms with van der Waals surface area (Å²) in [6, 6.07) is 0. The highest BCUT2D eigenvalue weighted by Gasteiger charge is 2.31. The van der Waals surface area contributed by atoms with E-state index in [1.165, 1.54) is 13.8 Å². The Balaban J connectivity index is 2.72. The first kappa shape index (κ1) is 11.4. The lowest BCUT2D eigenvalue weighted by molar-refractivity contribution is -0.157. The van der Waals surface area contributed by atoms with Gasteiger partial charge in [0, 0.05) is 6.42 Å². The van der Waals surface area contributed by atoms with Crippen molar-refractivity contribution in [1.29, 1.82) is 0 Å². The van der Waals surface area contributed by atoms with Crippen LogP contribution in [0.25, 0.3) is 0 Å². The molecular formula is C10H15ClO3. The van der Waals surface area contributed by atoms with Crippen molar-refractivity contribution in [3.05, 3.63) is 10.8 Å². The average Bonchev–Trinajstić information content (AvgIpc) is 2.08.